The van der Waals surface area contributed by atoms with Gasteiger partial charge in [-0.05, 0) is 54.1 Å². The van der Waals surface area contributed by atoms with Gasteiger partial charge < -0.3 is 10.1 Å². The summed E-state index contributed by atoms with van der Waals surface area (Å²) in [7, 11) is 1.66. The minimum atomic E-state index is -0.0990. The number of methoxy groups -OCH3 is 1. The molecule has 3 rings (SSSR count). The number of benzene rings is 1. The lowest BCUT2D eigenvalue weighted by Gasteiger charge is -2.28. The van der Waals surface area contributed by atoms with Crippen LogP contribution in [-0.2, 0) is 5.54 Å². The van der Waals surface area contributed by atoms with Gasteiger partial charge in [0.1, 0.15) is 5.75 Å². The molecule has 2 aromatic rings. The average molecular weight is 287 g/mol. The van der Waals surface area contributed by atoms with E-state index in [4.69, 9.17) is 4.74 Å². The Balaban J connectivity index is 1.99. The third-order valence-electron chi connectivity index (χ3n) is 4.19. The minimum Gasteiger partial charge on any atom is -0.497 e. The molecule has 0 unspecified atom stereocenters. The fourth-order valence-electron chi connectivity index (χ4n) is 3.18. The number of tetrazole rings is 1. The van der Waals surface area contributed by atoms with Crippen LogP contribution in [0.25, 0.3) is 5.69 Å². The third kappa shape index (κ3) is 2.51. The molecule has 1 N–H and O–H groups in total. The highest BCUT2D eigenvalue weighted by atomic mass is 16.5. The van der Waals surface area contributed by atoms with Gasteiger partial charge in [0.05, 0.1) is 18.3 Å². The van der Waals surface area contributed by atoms with Crippen molar-refractivity contribution in [3.8, 4) is 11.4 Å². The predicted molar refractivity (Wildman–Crippen MR) is 79.5 cm³/mol. The molecule has 6 heteroatoms. The van der Waals surface area contributed by atoms with E-state index in [2.05, 4.69) is 27.8 Å². The van der Waals surface area contributed by atoms with Crippen LogP contribution in [0.2, 0.25) is 0 Å². The second-order valence-electron chi connectivity index (χ2n) is 5.43. The summed E-state index contributed by atoms with van der Waals surface area (Å²) in [5.74, 6) is 1.74. The lowest BCUT2D eigenvalue weighted by molar-refractivity contribution is 0.322. The molecule has 1 aliphatic carbocycles. The van der Waals surface area contributed by atoms with Gasteiger partial charge >= 0.3 is 0 Å². The van der Waals surface area contributed by atoms with Gasteiger partial charge in [0.25, 0.3) is 0 Å². The van der Waals surface area contributed by atoms with Gasteiger partial charge in [-0.2, -0.15) is 4.68 Å². The molecule has 6 nitrogen and oxygen atoms in total. The number of hydrogen-bond donors (Lipinski definition) is 1. The second-order valence-corrected chi connectivity index (χ2v) is 5.43. The summed E-state index contributed by atoms with van der Waals surface area (Å²) in [5, 5.41) is 16.0. The van der Waals surface area contributed by atoms with Crippen molar-refractivity contribution in [1.29, 1.82) is 0 Å². The quantitative estimate of drug-likeness (QED) is 0.911. The summed E-state index contributed by atoms with van der Waals surface area (Å²) in [5.41, 5.74) is 0.859. The standard InChI is InChI=1S/C15H21N5O/c1-3-16-15(10-4-5-11-15)14-17-18-19-20(14)12-6-8-13(21-2)9-7-12/h6-9,16H,3-5,10-11H2,1-2H3. The zero-order valence-corrected chi connectivity index (χ0v) is 12.5. The largest absolute Gasteiger partial charge is 0.497 e. The van der Waals surface area contributed by atoms with Gasteiger partial charge in [-0.3, -0.25) is 0 Å². The molecule has 21 heavy (non-hydrogen) atoms. The Morgan fingerprint density at radius 2 is 1.95 bits per heavy atom. The number of hydrogen-bond acceptors (Lipinski definition) is 5. The van der Waals surface area contributed by atoms with Crippen molar-refractivity contribution in [2.45, 2.75) is 38.1 Å². The fraction of sp³-hybridized carbons (Fsp3) is 0.533. The highest BCUT2D eigenvalue weighted by Gasteiger charge is 2.39. The normalized spacial score (nSPS) is 17.0. The molecule has 0 spiro atoms. The molecule has 0 saturated heterocycles. The molecule has 1 saturated carbocycles. The molecular formula is C15H21N5O. The van der Waals surface area contributed by atoms with Crippen LogP contribution in [0.5, 0.6) is 5.75 Å². The highest BCUT2D eigenvalue weighted by molar-refractivity contribution is 5.37. The van der Waals surface area contributed by atoms with Crippen LogP contribution in [0.1, 0.15) is 38.4 Å². The zero-order chi connectivity index (χ0) is 14.7. The molecule has 0 amide bonds. The summed E-state index contributed by atoms with van der Waals surface area (Å²) in [6.45, 7) is 3.04. The number of nitrogens with zero attached hydrogens (tertiary/aromatic N) is 4. The van der Waals surface area contributed by atoms with Crippen LogP contribution < -0.4 is 10.1 Å². The van der Waals surface area contributed by atoms with E-state index in [0.717, 1.165) is 36.6 Å². The van der Waals surface area contributed by atoms with Gasteiger partial charge in [-0.15, -0.1) is 5.10 Å². The number of aromatic nitrogens is 4. The van der Waals surface area contributed by atoms with Crippen molar-refractivity contribution in [1.82, 2.24) is 25.5 Å². The molecular weight excluding hydrogens is 266 g/mol. The van der Waals surface area contributed by atoms with E-state index in [-0.39, 0.29) is 5.54 Å². The first kappa shape index (κ1) is 14.0. The van der Waals surface area contributed by atoms with E-state index in [1.807, 2.05) is 28.9 Å². The first-order chi connectivity index (χ1) is 10.3. The van der Waals surface area contributed by atoms with Crippen molar-refractivity contribution in [3.63, 3.8) is 0 Å². The SMILES string of the molecule is CCNC1(c2nnnn2-c2ccc(OC)cc2)CCCC1. The summed E-state index contributed by atoms with van der Waals surface area (Å²) in [6, 6.07) is 7.81. The molecule has 112 valence electrons. The smallest absolute Gasteiger partial charge is 0.176 e. The van der Waals surface area contributed by atoms with Crippen molar-refractivity contribution in [3.05, 3.63) is 30.1 Å². The lowest BCUT2D eigenvalue weighted by Crippen LogP contribution is -2.42. The van der Waals surface area contributed by atoms with Gasteiger partial charge in [0.2, 0.25) is 0 Å². The van der Waals surface area contributed by atoms with Gasteiger partial charge in [-0.1, -0.05) is 19.8 Å². The Labute approximate surface area is 124 Å². The van der Waals surface area contributed by atoms with Crippen LogP contribution >= 0.6 is 0 Å². The van der Waals surface area contributed by atoms with E-state index < -0.39 is 0 Å². The number of nitrogens with one attached hydrogen (secondary N) is 1. The van der Waals surface area contributed by atoms with Crippen LogP contribution in [0, 0.1) is 0 Å². The number of rotatable bonds is 5. The monoisotopic (exact) mass is 287 g/mol. The summed E-state index contributed by atoms with van der Waals surface area (Å²) >= 11 is 0. The average Bonchev–Trinajstić information content (AvgIpc) is 3.17. The lowest BCUT2D eigenvalue weighted by atomic mass is 9.96. The van der Waals surface area contributed by atoms with E-state index in [0.29, 0.717) is 0 Å². The molecule has 1 heterocycles. The van der Waals surface area contributed by atoms with Gasteiger partial charge in [0, 0.05) is 0 Å². The van der Waals surface area contributed by atoms with E-state index in [1.165, 1.54) is 12.8 Å². The Morgan fingerprint density at radius 1 is 1.24 bits per heavy atom. The van der Waals surface area contributed by atoms with Crippen molar-refractivity contribution in [2.75, 3.05) is 13.7 Å². The Hall–Kier alpha value is -1.95. The Morgan fingerprint density at radius 3 is 2.57 bits per heavy atom. The molecule has 1 aliphatic rings. The van der Waals surface area contributed by atoms with E-state index in [9.17, 15) is 0 Å². The first-order valence-electron chi connectivity index (χ1n) is 7.47. The second kappa shape index (κ2) is 5.81. The van der Waals surface area contributed by atoms with Crippen LogP contribution in [0.15, 0.2) is 24.3 Å². The molecule has 1 fully saturated rings. The topological polar surface area (TPSA) is 64.9 Å². The first-order valence-corrected chi connectivity index (χ1v) is 7.47. The maximum Gasteiger partial charge on any atom is 0.176 e. The summed E-state index contributed by atoms with van der Waals surface area (Å²) in [4.78, 5) is 0. The molecule has 0 aliphatic heterocycles. The van der Waals surface area contributed by atoms with Crippen molar-refractivity contribution in [2.24, 2.45) is 0 Å². The van der Waals surface area contributed by atoms with Crippen LogP contribution in [-0.4, -0.2) is 33.9 Å². The summed E-state index contributed by atoms with van der Waals surface area (Å²) in [6.07, 6.45) is 4.58. The van der Waals surface area contributed by atoms with Gasteiger partial charge in [-0.25, -0.2) is 0 Å². The van der Waals surface area contributed by atoms with E-state index in [1.54, 1.807) is 7.11 Å². The molecule has 0 atom stereocenters. The van der Waals surface area contributed by atoms with Crippen molar-refractivity contribution >= 4 is 0 Å². The Bertz CT molecular complexity index is 586. The van der Waals surface area contributed by atoms with Crippen molar-refractivity contribution < 1.29 is 4.74 Å². The maximum absolute atomic E-state index is 5.20. The van der Waals surface area contributed by atoms with Crippen LogP contribution in [0.4, 0.5) is 0 Å². The highest BCUT2D eigenvalue weighted by Crippen LogP contribution is 2.38. The fourth-order valence-corrected chi connectivity index (χ4v) is 3.18. The van der Waals surface area contributed by atoms with Crippen LogP contribution in [0.3, 0.4) is 0 Å². The van der Waals surface area contributed by atoms with E-state index >= 15 is 0 Å². The maximum atomic E-state index is 5.20. The van der Waals surface area contributed by atoms with Gasteiger partial charge in [0.15, 0.2) is 5.82 Å². The number of ether oxygens (including phenoxy) is 1. The Kier molecular flexibility index (Phi) is 3.88. The molecule has 1 aromatic heterocycles. The molecule has 1 aromatic carbocycles. The third-order valence-corrected chi connectivity index (χ3v) is 4.19. The summed E-state index contributed by atoms with van der Waals surface area (Å²) < 4.78 is 7.04. The molecule has 0 radical (unpaired) electrons. The predicted octanol–water partition coefficient (Wildman–Crippen LogP) is 2.05. The zero-order valence-electron chi connectivity index (χ0n) is 12.5. The minimum absolute atomic E-state index is 0.0990. The molecule has 0 bridgehead atoms.